The Hall–Kier alpha value is -2.06. The number of rotatable bonds is 6. The van der Waals surface area contributed by atoms with Crippen LogP contribution in [-0.4, -0.2) is 11.9 Å². The van der Waals surface area contributed by atoms with Crippen LogP contribution in [0.3, 0.4) is 0 Å². The van der Waals surface area contributed by atoms with Gasteiger partial charge in [-0.25, -0.2) is 0 Å². The number of aryl methyl sites for hydroxylation is 1. The van der Waals surface area contributed by atoms with Crippen LogP contribution in [0.15, 0.2) is 60.7 Å². The Balaban J connectivity index is 1.77. The van der Waals surface area contributed by atoms with Crippen molar-refractivity contribution in [3.8, 4) is 0 Å². The first-order chi connectivity index (χ1) is 10.6. The van der Waals surface area contributed by atoms with Gasteiger partial charge in [0.05, 0.1) is 0 Å². The van der Waals surface area contributed by atoms with E-state index in [1.165, 1.54) is 5.56 Å². The molecule has 1 unspecified atom stereocenters. The van der Waals surface area contributed by atoms with Gasteiger partial charge in [-0.05, 0) is 49.1 Å². The molecule has 0 aliphatic rings. The fourth-order valence-corrected chi connectivity index (χ4v) is 2.26. The van der Waals surface area contributed by atoms with E-state index in [1.807, 2.05) is 49.4 Å². The molecule has 22 heavy (non-hydrogen) atoms. The smallest absolute Gasteiger partial charge is 0.244 e. The van der Waals surface area contributed by atoms with E-state index in [4.69, 9.17) is 11.6 Å². The molecule has 0 fully saturated rings. The maximum absolute atomic E-state index is 11.9. The molecule has 0 aromatic heterocycles. The molecule has 0 spiro atoms. The monoisotopic (exact) mass is 313 g/mol. The Morgan fingerprint density at radius 2 is 1.82 bits per heavy atom. The zero-order valence-corrected chi connectivity index (χ0v) is 13.4. The summed E-state index contributed by atoms with van der Waals surface area (Å²) in [6.45, 7) is 2.02. The normalized spacial score (nSPS) is 12.3. The number of carbonyl (C=O) groups is 1. The molecule has 0 radical (unpaired) electrons. The van der Waals surface area contributed by atoms with Crippen LogP contribution in [0.1, 0.15) is 24.5 Å². The average Bonchev–Trinajstić information content (AvgIpc) is 2.53. The van der Waals surface area contributed by atoms with Crippen molar-refractivity contribution in [3.63, 3.8) is 0 Å². The van der Waals surface area contributed by atoms with Crippen LogP contribution in [0.5, 0.6) is 0 Å². The van der Waals surface area contributed by atoms with Gasteiger partial charge >= 0.3 is 0 Å². The van der Waals surface area contributed by atoms with Gasteiger partial charge in [0, 0.05) is 17.1 Å². The largest absolute Gasteiger partial charge is 0.350 e. The molecular formula is C19H20ClNO. The van der Waals surface area contributed by atoms with Gasteiger partial charge in [-0.3, -0.25) is 4.79 Å². The lowest BCUT2D eigenvalue weighted by molar-refractivity contribution is -0.117. The number of hydrogen-bond acceptors (Lipinski definition) is 1. The highest BCUT2D eigenvalue weighted by molar-refractivity contribution is 6.30. The number of carbonyl (C=O) groups excluding carboxylic acids is 1. The third-order valence-electron chi connectivity index (χ3n) is 3.39. The standard InChI is InChI=1S/C19H20ClNO/c1-15(7-8-16-5-3-2-4-6-16)21-19(22)14-11-17-9-12-18(20)13-10-17/h2-6,9-15H,7-8H2,1H3,(H,21,22). The van der Waals surface area contributed by atoms with Gasteiger partial charge in [0.1, 0.15) is 0 Å². The number of halogens is 1. The van der Waals surface area contributed by atoms with E-state index in [-0.39, 0.29) is 11.9 Å². The van der Waals surface area contributed by atoms with E-state index in [2.05, 4.69) is 17.4 Å². The highest BCUT2D eigenvalue weighted by Crippen LogP contribution is 2.10. The Kier molecular flexibility index (Phi) is 6.23. The molecule has 0 heterocycles. The van der Waals surface area contributed by atoms with Crippen LogP contribution in [0, 0.1) is 0 Å². The van der Waals surface area contributed by atoms with E-state index in [9.17, 15) is 4.79 Å². The molecule has 0 saturated heterocycles. The van der Waals surface area contributed by atoms with Crippen molar-refractivity contribution < 1.29 is 4.79 Å². The summed E-state index contributed by atoms with van der Waals surface area (Å²) in [6, 6.07) is 17.8. The van der Waals surface area contributed by atoms with Gasteiger partial charge in [0.2, 0.25) is 5.91 Å². The maximum Gasteiger partial charge on any atom is 0.244 e. The molecule has 114 valence electrons. The zero-order chi connectivity index (χ0) is 15.8. The Bertz CT molecular complexity index is 620. The third kappa shape index (κ3) is 5.74. The summed E-state index contributed by atoms with van der Waals surface area (Å²) < 4.78 is 0. The van der Waals surface area contributed by atoms with Crippen molar-refractivity contribution in [2.75, 3.05) is 0 Å². The lowest BCUT2D eigenvalue weighted by Gasteiger charge is -2.12. The SMILES string of the molecule is CC(CCc1ccccc1)NC(=O)C=Cc1ccc(Cl)cc1. The second kappa shape index (κ2) is 8.40. The van der Waals surface area contributed by atoms with Crippen molar-refractivity contribution in [1.29, 1.82) is 0 Å². The van der Waals surface area contributed by atoms with Gasteiger partial charge in [-0.2, -0.15) is 0 Å². The summed E-state index contributed by atoms with van der Waals surface area (Å²) in [5.74, 6) is -0.0736. The predicted molar refractivity (Wildman–Crippen MR) is 92.9 cm³/mol. The summed E-state index contributed by atoms with van der Waals surface area (Å²) >= 11 is 5.83. The van der Waals surface area contributed by atoms with Crippen LogP contribution < -0.4 is 5.32 Å². The van der Waals surface area contributed by atoms with Crippen molar-refractivity contribution >= 4 is 23.6 Å². The van der Waals surface area contributed by atoms with E-state index in [1.54, 1.807) is 12.2 Å². The van der Waals surface area contributed by atoms with E-state index in [0.29, 0.717) is 5.02 Å². The van der Waals surface area contributed by atoms with Crippen LogP contribution in [0.25, 0.3) is 6.08 Å². The first-order valence-corrected chi connectivity index (χ1v) is 7.79. The molecular weight excluding hydrogens is 294 g/mol. The molecule has 2 aromatic rings. The molecule has 1 amide bonds. The number of nitrogens with one attached hydrogen (secondary N) is 1. The summed E-state index contributed by atoms with van der Waals surface area (Å²) in [7, 11) is 0. The second-order valence-corrected chi connectivity index (χ2v) is 5.76. The first kappa shape index (κ1) is 16.3. The molecule has 1 atom stereocenters. The predicted octanol–water partition coefficient (Wildman–Crippen LogP) is 4.49. The Morgan fingerprint density at radius 3 is 2.50 bits per heavy atom. The summed E-state index contributed by atoms with van der Waals surface area (Å²) in [5, 5.41) is 3.67. The van der Waals surface area contributed by atoms with Gasteiger partial charge in [0.25, 0.3) is 0 Å². The fraction of sp³-hybridized carbons (Fsp3) is 0.211. The van der Waals surface area contributed by atoms with Crippen molar-refractivity contribution in [3.05, 3.63) is 76.8 Å². The van der Waals surface area contributed by atoms with Crippen molar-refractivity contribution in [1.82, 2.24) is 5.32 Å². The third-order valence-corrected chi connectivity index (χ3v) is 3.65. The molecule has 2 nitrogen and oxygen atoms in total. The first-order valence-electron chi connectivity index (χ1n) is 7.41. The van der Waals surface area contributed by atoms with Crippen LogP contribution in [0.4, 0.5) is 0 Å². The van der Waals surface area contributed by atoms with Crippen molar-refractivity contribution in [2.45, 2.75) is 25.8 Å². The molecule has 2 aromatic carbocycles. The van der Waals surface area contributed by atoms with Gasteiger partial charge in [0.15, 0.2) is 0 Å². The summed E-state index contributed by atoms with van der Waals surface area (Å²) in [6.07, 6.45) is 5.23. The fourth-order valence-electron chi connectivity index (χ4n) is 2.14. The van der Waals surface area contributed by atoms with Gasteiger partial charge in [-0.1, -0.05) is 54.1 Å². The molecule has 0 saturated carbocycles. The molecule has 0 bridgehead atoms. The number of amides is 1. The number of benzene rings is 2. The highest BCUT2D eigenvalue weighted by Gasteiger charge is 2.05. The Morgan fingerprint density at radius 1 is 1.14 bits per heavy atom. The van der Waals surface area contributed by atoms with Crippen LogP contribution in [-0.2, 0) is 11.2 Å². The molecule has 3 heteroatoms. The Labute approximate surface area is 136 Å². The minimum Gasteiger partial charge on any atom is -0.350 e. The second-order valence-electron chi connectivity index (χ2n) is 5.32. The summed E-state index contributed by atoms with van der Waals surface area (Å²) in [5.41, 5.74) is 2.25. The topological polar surface area (TPSA) is 29.1 Å². The number of hydrogen-bond donors (Lipinski definition) is 1. The molecule has 0 aliphatic carbocycles. The van der Waals surface area contributed by atoms with E-state index < -0.39 is 0 Å². The molecule has 2 rings (SSSR count). The maximum atomic E-state index is 11.9. The minimum absolute atomic E-state index is 0.0736. The lowest BCUT2D eigenvalue weighted by atomic mass is 10.1. The van der Waals surface area contributed by atoms with E-state index >= 15 is 0 Å². The molecule has 0 aliphatic heterocycles. The van der Waals surface area contributed by atoms with Crippen LogP contribution >= 0.6 is 11.6 Å². The van der Waals surface area contributed by atoms with Gasteiger partial charge in [-0.15, -0.1) is 0 Å². The highest BCUT2D eigenvalue weighted by atomic mass is 35.5. The summed E-state index contributed by atoms with van der Waals surface area (Å²) in [4.78, 5) is 11.9. The zero-order valence-electron chi connectivity index (χ0n) is 12.6. The van der Waals surface area contributed by atoms with E-state index in [0.717, 1.165) is 18.4 Å². The lowest BCUT2D eigenvalue weighted by Crippen LogP contribution is -2.31. The molecule has 1 N–H and O–H groups in total. The quantitative estimate of drug-likeness (QED) is 0.782. The van der Waals surface area contributed by atoms with Gasteiger partial charge < -0.3 is 5.32 Å². The average molecular weight is 314 g/mol. The van der Waals surface area contributed by atoms with Crippen molar-refractivity contribution in [2.24, 2.45) is 0 Å². The van der Waals surface area contributed by atoms with Crippen LogP contribution in [0.2, 0.25) is 5.02 Å². The minimum atomic E-state index is -0.0736.